The van der Waals surface area contributed by atoms with Crippen molar-refractivity contribution in [3.05, 3.63) is 34.9 Å². The predicted octanol–water partition coefficient (Wildman–Crippen LogP) is 2.22. The van der Waals surface area contributed by atoms with E-state index in [0.717, 1.165) is 23.0 Å². The smallest absolute Gasteiger partial charge is 0.142 e. The molecule has 0 heterocycles. The minimum atomic E-state index is 0.322. The Morgan fingerprint density at radius 1 is 1.23 bits per heavy atom. The summed E-state index contributed by atoms with van der Waals surface area (Å²) >= 11 is 0. The van der Waals surface area contributed by atoms with Gasteiger partial charge in [-0.25, -0.2) is 0 Å². The lowest BCUT2D eigenvalue weighted by atomic mass is 10.1. The number of allylic oxidation sites excluding steroid dienone is 1. The van der Waals surface area contributed by atoms with Crippen LogP contribution >= 0.6 is 0 Å². The highest BCUT2D eigenvalue weighted by molar-refractivity contribution is 5.74. The molecule has 0 bridgehead atoms. The lowest BCUT2D eigenvalue weighted by Gasteiger charge is -2.04. The molecule has 0 unspecified atom stereocenters. The van der Waals surface area contributed by atoms with Gasteiger partial charge in [0.15, 0.2) is 0 Å². The summed E-state index contributed by atoms with van der Waals surface area (Å²) in [6.45, 7) is 3.67. The fraction of sp³-hybridized carbons (Fsp3) is 0.182. The second-order valence-electron chi connectivity index (χ2n) is 3.00. The molecule has 13 heavy (non-hydrogen) atoms. The van der Waals surface area contributed by atoms with Gasteiger partial charge >= 0.3 is 0 Å². The molecule has 1 aromatic carbocycles. The molecular weight excluding hydrogens is 164 g/mol. The number of carbonyl (C=O) groups is 1. The second kappa shape index (κ2) is 3.90. The molecule has 0 aromatic heterocycles. The Morgan fingerprint density at radius 3 is 2.23 bits per heavy atom. The summed E-state index contributed by atoms with van der Waals surface area (Å²) in [7, 11) is 0. The van der Waals surface area contributed by atoms with Gasteiger partial charge in [0.25, 0.3) is 0 Å². The number of phenols is 1. The van der Waals surface area contributed by atoms with Crippen LogP contribution in [0, 0.1) is 13.8 Å². The van der Waals surface area contributed by atoms with Crippen LogP contribution in [0.1, 0.15) is 16.7 Å². The van der Waals surface area contributed by atoms with Gasteiger partial charge in [-0.1, -0.05) is 6.08 Å². The molecule has 0 aliphatic carbocycles. The maximum absolute atomic E-state index is 10.1. The Bertz CT molecular complexity index is 328. The Balaban J connectivity index is 3.12. The van der Waals surface area contributed by atoms with Gasteiger partial charge in [-0.05, 0) is 48.7 Å². The monoisotopic (exact) mass is 176 g/mol. The largest absolute Gasteiger partial charge is 0.507 e. The maximum atomic E-state index is 10.1. The topological polar surface area (TPSA) is 37.3 Å². The molecular formula is C11H12O2. The zero-order valence-corrected chi connectivity index (χ0v) is 7.74. The summed E-state index contributed by atoms with van der Waals surface area (Å²) in [4.78, 5) is 10.1. The summed E-state index contributed by atoms with van der Waals surface area (Å²) in [5.74, 6) is 0.322. The van der Waals surface area contributed by atoms with Crippen molar-refractivity contribution in [2.45, 2.75) is 13.8 Å². The van der Waals surface area contributed by atoms with Crippen LogP contribution in [0.4, 0.5) is 0 Å². The molecule has 2 heteroatoms. The van der Waals surface area contributed by atoms with Gasteiger partial charge in [0.1, 0.15) is 12.0 Å². The van der Waals surface area contributed by atoms with Crippen molar-refractivity contribution in [1.82, 2.24) is 0 Å². The molecule has 0 aliphatic heterocycles. The molecule has 0 saturated heterocycles. The fourth-order valence-corrected chi connectivity index (χ4v) is 1.24. The third-order valence-corrected chi connectivity index (χ3v) is 1.88. The molecule has 1 N–H and O–H groups in total. The summed E-state index contributed by atoms with van der Waals surface area (Å²) < 4.78 is 0. The Morgan fingerprint density at radius 2 is 1.77 bits per heavy atom. The van der Waals surface area contributed by atoms with Gasteiger partial charge in [-0.2, -0.15) is 0 Å². The number of aldehydes is 1. The highest BCUT2D eigenvalue weighted by atomic mass is 16.3. The predicted molar refractivity (Wildman–Crippen MR) is 52.7 cm³/mol. The lowest BCUT2D eigenvalue weighted by Crippen LogP contribution is -1.82. The normalized spacial score (nSPS) is 10.6. The first-order valence-corrected chi connectivity index (χ1v) is 4.07. The van der Waals surface area contributed by atoms with Gasteiger partial charge in [0, 0.05) is 0 Å². The minimum Gasteiger partial charge on any atom is -0.507 e. The average Bonchev–Trinajstić information content (AvgIpc) is 2.10. The quantitative estimate of drug-likeness (QED) is 0.554. The van der Waals surface area contributed by atoms with Crippen LogP contribution in [0.5, 0.6) is 5.75 Å². The fourth-order valence-electron chi connectivity index (χ4n) is 1.24. The highest BCUT2D eigenvalue weighted by Crippen LogP contribution is 2.23. The molecule has 0 spiro atoms. The molecule has 0 radical (unpaired) electrons. The Labute approximate surface area is 77.5 Å². The first-order chi connectivity index (χ1) is 6.15. The van der Waals surface area contributed by atoms with Crippen molar-refractivity contribution in [3.8, 4) is 5.75 Å². The van der Waals surface area contributed by atoms with Crippen LogP contribution in [0.3, 0.4) is 0 Å². The van der Waals surface area contributed by atoms with E-state index in [9.17, 15) is 9.90 Å². The third-order valence-electron chi connectivity index (χ3n) is 1.88. The Kier molecular flexibility index (Phi) is 2.85. The second-order valence-corrected chi connectivity index (χ2v) is 3.00. The van der Waals surface area contributed by atoms with Crippen molar-refractivity contribution < 1.29 is 9.90 Å². The van der Waals surface area contributed by atoms with E-state index in [2.05, 4.69) is 0 Å². The zero-order chi connectivity index (χ0) is 9.84. The van der Waals surface area contributed by atoms with E-state index in [0.29, 0.717) is 5.75 Å². The van der Waals surface area contributed by atoms with E-state index >= 15 is 0 Å². The maximum Gasteiger partial charge on any atom is 0.142 e. The SMILES string of the molecule is Cc1cc(/C=C/C=O)cc(C)c1O. The van der Waals surface area contributed by atoms with E-state index < -0.39 is 0 Å². The van der Waals surface area contributed by atoms with Gasteiger partial charge in [0.2, 0.25) is 0 Å². The number of hydrogen-bond donors (Lipinski definition) is 1. The number of rotatable bonds is 2. The minimum absolute atomic E-state index is 0.322. The number of benzene rings is 1. The van der Waals surface area contributed by atoms with Gasteiger partial charge in [-0.15, -0.1) is 0 Å². The molecule has 2 nitrogen and oxygen atoms in total. The number of hydrogen-bond acceptors (Lipinski definition) is 2. The first-order valence-electron chi connectivity index (χ1n) is 4.07. The molecule has 0 amide bonds. The molecule has 68 valence electrons. The lowest BCUT2D eigenvalue weighted by molar-refractivity contribution is -0.104. The molecule has 0 saturated carbocycles. The van der Waals surface area contributed by atoms with Crippen molar-refractivity contribution in [2.75, 3.05) is 0 Å². The van der Waals surface area contributed by atoms with Gasteiger partial charge in [-0.3, -0.25) is 4.79 Å². The average molecular weight is 176 g/mol. The van der Waals surface area contributed by atoms with E-state index in [-0.39, 0.29) is 0 Å². The van der Waals surface area contributed by atoms with Gasteiger partial charge < -0.3 is 5.11 Å². The molecule has 0 fully saturated rings. The summed E-state index contributed by atoms with van der Waals surface area (Å²) in [5, 5.41) is 9.46. The third kappa shape index (κ3) is 2.18. The van der Waals surface area contributed by atoms with Crippen LogP contribution in [0.2, 0.25) is 0 Å². The van der Waals surface area contributed by atoms with Crippen LogP contribution < -0.4 is 0 Å². The number of carbonyl (C=O) groups excluding carboxylic acids is 1. The van der Waals surface area contributed by atoms with Crippen molar-refractivity contribution in [3.63, 3.8) is 0 Å². The van der Waals surface area contributed by atoms with E-state index in [1.54, 1.807) is 6.08 Å². The van der Waals surface area contributed by atoms with Crippen LogP contribution in [-0.2, 0) is 4.79 Å². The van der Waals surface area contributed by atoms with Gasteiger partial charge in [0.05, 0.1) is 0 Å². The van der Waals surface area contributed by atoms with Crippen LogP contribution in [-0.4, -0.2) is 11.4 Å². The summed E-state index contributed by atoms with van der Waals surface area (Å²) in [5.41, 5.74) is 2.58. The number of aromatic hydroxyl groups is 1. The highest BCUT2D eigenvalue weighted by Gasteiger charge is 2.00. The molecule has 0 aliphatic rings. The standard InChI is InChI=1S/C11H12O2/c1-8-6-10(4-3-5-12)7-9(2)11(8)13/h3-7,13H,1-2H3/b4-3+. The van der Waals surface area contributed by atoms with Crippen molar-refractivity contribution in [2.24, 2.45) is 0 Å². The van der Waals surface area contributed by atoms with Crippen molar-refractivity contribution in [1.29, 1.82) is 0 Å². The number of aryl methyl sites for hydroxylation is 2. The Hall–Kier alpha value is -1.57. The summed E-state index contributed by atoms with van der Waals surface area (Å²) in [6, 6.07) is 3.67. The molecule has 1 rings (SSSR count). The zero-order valence-electron chi connectivity index (χ0n) is 7.74. The molecule has 1 aromatic rings. The van der Waals surface area contributed by atoms with E-state index in [1.165, 1.54) is 6.08 Å². The van der Waals surface area contributed by atoms with E-state index in [1.807, 2.05) is 26.0 Å². The van der Waals surface area contributed by atoms with E-state index in [4.69, 9.17) is 0 Å². The van der Waals surface area contributed by atoms with Crippen LogP contribution in [0.25, 0.3) is 6.08 Å². The molecule has 0 atom stereocenters. The van der Waals surface area contributed by atoms with Crippen LogP contribution in [0.15, 0.2) is 18.2 Å². The summed E-state index contributed by atoms with van der Waals surface area (Å²) in [6.07, 6.45) is 3.88. The number of phenolic OH excluding ortho intramolecular Hbond substituents is 1. The van der Waals surface area contributed by atoms with Crippen molar-refractivity contribution >= 4 is 12.4 Å². The first kappa shape index (κ1) is 9.52.